The van der Waals surface area contributed by atoms with Gasteiger partial charge in [0, 0.05) is 23.4 Å². The number of Topliss-reactive ketones (excluding diaryl/α,β-unsaturated/α-hetero) is 1. The molecule has 106 valence electrons. The second-order valence-corrected chi connectivity index (χ2v) is 6.26. The van der Waals surface area contributed by atoms with Gasteiger partial charge in [0.1, 0.15) is 0 Å². The Labute approximate surface area is 125 Å². The van der Waals surface area contributed by atoms with Gasteiger partial charge >= 0.3 is 0 Å². The zero-order chi connectivity index (χ0) is 14.4. The predicted octanol–water partition coefficient (Wildman–Crippen LogP) is 3.26. The van der Waals surface area contributed by atoms with Crippen molar-refractivity contribution in [2.75, 3.05) is 13.6 Å². The van der Waals surface area contributed by atoms with Crippen LogP contribution in [0, 0.1) is 0 Å². The Bertz CT molecular complexity index is 694. The van der Waals surface area contributed by atoms with Crippen molar-refractivity contribution in [1.29, 1.82) is 0 Å². The number of likely N-dealkylation sites (N-methyl/N-ethyl adjacent to an activating group) is 1. The maximum Gasteiger partial charge on any atom is 0.164 e. The van der Waals surface area contributed by atoms with E-state index in [9.17, 15) is 4.79 Å². The Kier molecular flexibility index (Phi) is 2.76. The monoisotopic (exact) mass is 277 g/mol. The first-order valence-electron chi connectivity index (χ1n) is 7.62. The van der Waals surface area contributed by atoms with E-state index in [-0.39, 0.29) is 17.2 Å². The molecule has 0 bridgehead atoms. The van der Waals surface area contributed by atoms with Gasteiger partial charge in [0.2, 0.25) is 0 Å². The van der Waals surface area contributed by atoms with Crippen molar-refractivity contribution in [2.45, 2.75) is 24.3 Å². The van der Waals surface area contributed by atoms with E-state index in [2.05, 4.69) is 54.4 Å². The van der Waals surface area contributed by atoms with Gasteiger partial charge in [-0.1, -0.05) is 54.6 Å². The van der Waals surface area contributed by atoms with Crippen LogP contribution < -0.4 is 0 Å². The van der Waals surface area contributed by atoms with Crippen LogP contribution in [0.2, 0.25) is 0 Å². The maximum absolute atomic E-state index is 12.5. The second kappa shape index (κ2) is 4.54. The van der Waals surface area contributed by atoms with Gasteiger partial charge in [0.15, 0.2) is 5.78 Å². The van der Waals surface area contributed by atoms with Gasteiger partial charge in [0.25, 0.3) is 0 Å². The highest BCUT2D eigenvalue weighted by atomic mass is 16.1. The van der Waals surface area contributed by atoms with Gasteiger partial charge in [0.05, 0.1) is 0 Å². The number of hydrogen-bond acceptors (Lipinski definition) is 2. The van der Waals surface area contributed by atoms with Crippen LogP contribution >= 0.6 is 0 Å². The first kappa shape index (κ1) is 12.8. The van der Waals surface area contributed by atoms with Crippen LogP contribution in [0.5, 0.6) is 0 Å². The van der Waals surface area contributed by atoms with E-state index >= 15 is 0 Å². The van der Waals surface area contributed by atoms with Crippen molar-refractivity contribution in [3.8, 4) is 0 Å². The van der Waals surface area contributed by atoms with Crippen molar-refractivity contribution >= 4 is 5.78 Å². The van der Waals surface area contributed by atoms with Crippen molar-refractivity contribution in [3.05, 3.63) is 71.3 Å². The minimum Gasteiger partial charge on any atom is -0.302 e. The number of ketones is 1. The van der Waals surface area contributed by atoms with E-state index in [0.29, 0.717) is 6.42 Å². The van der Waals surface area contributed by atoms with E-state index in [4.69, 9.17) is 0 Å². The molecule has 0 unspecified atom stereocenters. The third-order valence-electron chi connectivity index (χ3n) is 5.34. The van der Waals surface area contributed by atoms with Crippen LogP contribution in [-0.4, -0.2) is 30.3 Å². The molecular weight excluding hydrogens is 258 g/mol. The Hall–Kier alpha value is -1.93. The van der Waals surface area contributed by atoms with Gasteiger partial charge in [-0.2, -0.15) is 0 Å². The predicted molar refractivity (Wildman–Crippen MR) is 83.6 cm³/mol. The molecule has 0 radical (unpaired) electrons. The molecule has 1 aliphatic carbocycles. The lowest BCUT2D eigenvalue weighted by molar-refractivity contribution is 0.0910. The summed E-state index contributed by atoms with van der Waals surface area (Å²) in [5.74, 6) is 0.288. The molecule has 2 heteroatoms. The van der Waals surface area contributed by atoms with Crippen LogP contribution in [0.15, 0.2) is 54.6 Å². The topological polar surface area (TPSA) is 20.3 Å². The molecule has 4 rings (SSSR count). The van der Waals surface area contributed by atoms with Gasteiger partial charge in [-0.15, -0.1) is 0 Å². The highest BCUT2D eigenvalue weighted by Crippen LogP contribution is 2.50. The summed E-state index contributed by atoms with van der Waals surface area (Å²) in [6.07, 6.45) is 1.71. The van der Waals surface area contributed by atoms with Crippen molar-refractivity contribution in [3.63, 3.8) is 0 Å². The lowest BCUT2D eigenvalue weighted by atomic mass is 9.63. The minimum atomic E-state index is -0.0273. The fraction of sp³-hybridized carbons (Fsp3) is 0.316. The number of benzene rings is 2. The van der Waals surface area contributed by atoms with Crippen LogP contribution in [0.4, 0.5) is 0 Å². The van der Waals surface area contributed by atoms with Crippen molar-refractivity contribution < 1.29 is 4.79 Å². The smallest absolute Gasteiger partial charge is 0.164 e. The average molecular weight is 277 g/mol. The minimum absolute atomic E-state index is 0.0273. The number of nitrogens with zero attached hydrogens (tertiary/aromatic N) is 1. The number of fused-ring (bicyclic) bond motifs is 3. The number of rotatable bonds is 1. The first-order chi connectivity index (χ1) is 10.2. The number of hydrogen-bond donors (Lipinski definition) is 0. The Balaban J connectivity index is 2.01. The molecule has 1 heterocycles. The van der Waals surface area contributed by atoms with E-state index in [1.807, 2.05) is 12.1 Å². The molecule has 1 saturated heterocycles. The molecule has 0 saturated carbocycles. The summed E-state index contributed by atoms with van der Waals surface area (Å²) < 4.78 is 0. The number of likely N-dealkylation sites (tertiary alicyclic amines) is 1. The highest BCUT2D eigenvalue weighted by molar-refractivity contribution is 6.00. The summed E-state index contributed by atoms with van der Waals surface area (Å²) in [6, 6.07) is 19.2. The van der Waals surface area contributed by atoms with Gasteiger partial charge < -0.3 is 4.90 Å². The Morgan fingerprint density at radius 3 is 2.57 bits per heavy atom. The van der Waals surface area contributed by atoms with Crippen LogP contribution in [0.25, 0.3) is 0 Å². The zero-order valence-corrected chi connectivity index (χ0v) is 12.3. The summed E-state index contributed by atoms with van der Waals surface area (Å²) in [4.78, 5) is 14.9. The van der Waals surface area contributed by atoms with Gasteiger partial charge in [-0.05, 0) is 31.1 Å². The molecule has 2 aromatic rings. The van der Waals surface area contributed by atoms with E-state index < -0.39 is 0 Å². The number of carbonyl (C=O) groups is 1. The van der Waals surface area contributed by atoms with E-state index in [1.165, 1.54) is 11.1 Å². The summed E-state index contributed by atoms with van der Waals surface area (Å²) >= 11 is 0. The summed E-state index contributed by atoms with van der Waals surface area (Å²) in [7, 11) is 2.15. The molecule has 2 atom stereocenters. The molecule has 0 aromatic heterocycles. The molecule has 2 aromatic carbocycles. The number of carbonyl (C=O) groups excluding carboxylic acids is 1. The molecule has 21 heavy (non-hydrogen) atoms. The molecule has 1 fully saturated rings. The maximum atomic E-state index is 12.5. The Morgan fingerprint density at radius 1 is 1.05 bits per heavy atom. The molecule has 0 amide bonds. The SMILES string of the molecule is CN1CC[C@]2(c3ccccc3)c3ccccc3C(=O)C[C@H]12. The summed E-state index contributed by atoms with van der Waals surface area (Å²) in [5, 5.41) is 0. The quantitative estimate of drug-likeness (QED) is 0.797. The standard InChI is InChI=1S/C19H19NO/c1-20-12-11-19(14-7-3-2-4-8-14)16-10-6-5-9-15(16)17(21)13-18(19)20/h2-10,18H,11-13H2,1H3/t18-,19-/m0/s1. The van der Waals surface area contributed by atoms with Gasteiger partial charge in [-0.25, -0.2) is 0 Å². The molecule has 1 aliphatic heterocycles. The third kappa shape index (κ3) is 1.66. The third-order valence-corrected chi connectivity index (χ3v) is 5.34. The molecule has 0 N–H and O–H groups in total. The molecule has 0 spiro atoms. The van der Waals surface area contributed by atoms with Crippen molar-refractivity contribution in [2.24, 2.45) is 0 Å². The van der Waals surface area contributed by atoms with Crippen LogP contribution in [-0.2, 0) is 5.41 Å². The van der Waals surface area contributed by atoms with Crippen LogP contribution in [0.3, 0.4) is 0 Å². The second-order valence-electron chi connectivity index (χ2n) is 6.26. The Morgan fingerprint density at radius 2 is 1.76 bits per heavy atom. The average Bonchev–Trinajstić information content (AvgIpc) is 2.87. The van der Waals surface area contributed by atoms with Gasteiger partial charge in [-0.3, -0.25) is 4.79 Å². The van der Waals surface area contributed by atoms with Crippen LogP contribution in [0.1, 0.15) is 34.3 Å². The fourth-order valence-corrected chi connectivity index (χ4v) is 4.32. The fourth-order valence-electron chi connectivity index (χ4n) is 4.32. The normalized spacial score (nSPS) is 28.2. The summed E-state index contributed by atoms with van der Waals surface area (Å²) in [6.45, 7) is 1.04. The lowest BCUT2D eigenvalue weighted by Crippen LogP contribution is -2.47. The largest absolute Gasteiger partial charge is 0.302 e. The molecular formula is C19H19NO. The lowest BCUT2D eigenvalue weighted by Gasteiger charge is -2.42. The van der Waals surface area contributed by atoms with E-state index in [1.54, 1.807) is 0 Å². The molecule has 2 nitrogen and oxygen atoms in total. The summed E-state index contributed by atoms with van der Waals surface area (Å²) in [5.41, 5.74) is 3.47. The first-order valence-corrected chi connectivity index (χ1v) is 7.62. The van der Waals surface area contributed by atoms with E-state index in [0.717, 1.165) is 18.5 Å². The zero-order valence-electron chi connectivity index (χ0n) is 12.3. The molecule has 2 aliphatic rings. The van der Waals surface area contributed by atoms with Crippen molar-refractivity contribution in [1.82, 2.24) is 4.90 Å². The highest BCUT2D eigenvalue weighted by Gasteiger charge is 2.52.